The Balaban J connectivity index is 1.77. The summed E-state index contributed by atoms with van der Waals surface area (Å²) in [6.07, 6.45) is 0.885. The second kappa shape index (κ2) is 4.56. The fourth-order valence-electron chi connectivity index (χ4n) is 3.21. The fraction of sp³-hybridized carbons (Fsp3) is 0.250. The maximum absolute atomic E-state index is 10.9. The molecular formula is C16H14N2O3. The van der Waals surface area contributed by atoms with E-state index in [0.717, 1.165) is 24.2 Å². The Labute approximate surface area is 121 Å². The number of hydrogen-bond donors (Lipinski definition) is 0. The summed E-state index contributed by atoms with van der Waals surface area (Å²) >= 11 is 0. The Hall–Kier alpha value is -2.40. The van der Waals surface area contributed by atoms with Crippen molar-refractivity contribution in [3.8, 4) is 0 Å². The van der Waals surface area contributed by atoms with Crippen LogP contribution in [0.5, 0.6) is 0 Å². The zero-order valence-corrected chi connectivity index (χ0v) is 11.4. The SMILES string of the molecule is O=[N+]([O-])c1ccc2c(c1)COC1c3ccccc3CCN21. The molecule has 0 amide bonds. The van der Waals surface area contributed by atoms with Crippen LogP contribution in [0.4, 0.5) is 11.4 Å². The van der Waals surface area contributed by atoms with Crippen LogP contribution in [-0.2, 0) is 17.8 Å². The maximum atomic E-state index is 10.9. The molecule has 0 fully saturated rings. The molecule has 2 aromatic carbocycles. The lowest BCUT2D eigenvalue weighted by molar-refractivity contribution is -0.385. The molecule has 0 bridgehead atoms. The number of anilines is 1. The third-order valence-corrected chi connectivity index (χ3v) is 4.21. The molecule has 2 aliphatic heterocycles. The summed E-state index contributed by atoms with van der Waals surface area (Å²) < 4.78 is 5.97. The van der Waals surface area contributed by atoms with Crippen molar-refractivity contribution in [3.05, 3.63) is 69.3 Å². The summed E-state index contributed by atoms with van der Waals surface area (Å²) in [5.41, 5.74) is 4.58. The van der Waals surface area contributed by atoms with Crippen LogP contribution in [0.1, 0.15) is 22.9 Å². The molecule has 0 aromatic heterocycles. The predicted molar refractivity (Wildman–Crippen MR) is 78.1 cm³/mol. The summed E-state index contributed by atoms with van der Waals surface area (Å²) in [4.78, 5) is 12.7. The van der Waals surface area contributed by atoms with Crippen LogP contribution in [0.2, 0.25) is 0 Å². The number of rotatable bonds is 1. The normalized spacial score (nSPS) is 19.4. The Morgan fingerprint density at radius 2 is 2.05 bits per heavy atom. The predicted octanol–water partition coefficient (Wildman–Crippen LogP) is 3.19. The number of hydrogen-bond acceptors (Lipinski definition) is 4. The van der Waals surface area contributed by atoms with Gasteiger partial charge in [0, 0.05) is 35.5 Å². The quantitative estimate of drug-likeness (QED) is 0.595. The molecule has 5 heteroatoms. The number of nitro groups is 1. The molecule has 2 heterocycles. The number of benzene rings is 2. The van der Waals surface area contributed by atoms with Gasteiger partial charge in [0.1, 0.15) is 0 Å². The first kappa shape index (κ1) is 12.3. The van der Waals surface area contributed by atoms with Crippen molar-refractivity contribution in [2.75, 3.05) is 11.4 Å². The van der Waals surface area contributed by atoms with Crippen molar-refractivity contribution in [1.82, 2.24) is 0 Å². The molecule has 2 aliphatic rings. The van der Waals surface area contributed by atoms with E-state index in [1.54, 1.807) is 12.1 Å². The molecule has 1 unspecified atom stereocenters. The Bertz CT molecular complexity index is 729. The van der Waals surface area contributed by atoms with Crippen LogP contribution < -0.4 is 4.90 Å². The summed E-state index contributed by atoms with van der Waals surface area (Å²) in [5.74, 6) is 0. The van der Waals surface area contributed by atoms with Gasteiger partial charge in [-0.1, -0.05) is 24.3 Å². The zero-order chi connectivity index (χ0) is 14.4. The Kier molecular flexibility index (Phi) is 2.68. The van der Waals surface area contributed by atoms with E-state index in [2.05, 4.69) is 23.1 Å². The van der Waals surface area contributed by atoms with Crippen molar-refractivity contribution in [2.24, 2.45) is 0 Å². The molecule has 0 saturated carbocycles. The minimum atomic E-state index is -0.363. The summed E-state index contributed by atoms with van der Waals surface area (Å²) in [5, 5.41) is 10.9. The van der Waals surface area contributed by atoms with Gasteiger partial charge in [-0.25, -0.2) is 0 Å². The van der Waals surface area contributed by atoms with Crippen LogP contribution in [0.3, 0.4) is 0 Å². The topological polar surface area (TPSA) is 55.6 Å². The van der Waals surface area contributed by atoms with Gasteiger partial charge in [0.05, 0.1) is 11.5 Å². The van der Waals surface area contributed by atoms with Gasteiger partial charge in [-0.2, -0.15) is 0 Å². The second-order valence-electron chi connectivity index (χ2n) is 5.38. The average molecular weight is 282 g/mol. The van der Waals surface area contributed by atoms with Crippen LogP contribution in [0, 0.1) is 10.1 Å². The molecule has 1 atom stereocenters. The number of non-ortho nitro benzene ring substituents is 1. The highest BCUT2D eigenvalue weighted by Crippen LogP contribution is 2.41. The van der Waals surface area contributed by atoms with Gasteiger partial charge in [-0.05, 0) is 18.1 Å². The lowest BCUT2D eigenvalue weighted by Crippen LogP contribution is -2.40. The molecule has 0 spiro atoms. The van der Waals surface area contributed by atoms with Gasteiger partial charge in [-0.15, -0.1) is 0 Å². The molecule has 0 aliphatic carbocycles. The largest absolute Gasteiger partial charge is 0.349 e. The van der Waals surface area contributed by atoms with Crippen LogP contribution in [0.15, 0.2) is 42.5 Å². The molecule has 0 radical (unpaired) electrons. The van der Waals surface area contributed by atoms with Gasteiger partial charge in [0.25, 0.3) is 5.69 Å². The molecule has 0 saturated heterocycles. The van der Waals surface area contributed by atoms with E-state index in [-0.39, 0.29) is 16.8 Å². The standard InChI is InChI=1S/C16H14N2O3/c19-18(20)13-5-6-15-12(9-13)10-21-16-14-4-2-1-3-11(14)7-8-17(15)16/h1-6,9,16H,7-8,10H2. The van der Waals surface area contributed by atoms with Crippen LogP contribution >= 0.6 is 0 Å². The average Bonchev–Trinajstić information content (AvgIpc) is 2.53. The third-order valence-electron chi connectivity index (χ3n) is 4.21. The van der Waals surface area contributed by atoms with E-state index in [0.29, 0.717) is 6.61 Å². The number of nitrogens with zero attached hydrogens (tertiary/aromatic N) is 2. The highest BCUT2D eigenvalue weighted by molar-refractivity contribution is 5.61. The molecule has 106 valence electrons. The smallest absolute Gasteiger partial charge is 0.269 e. The highest BCUT2D eigenvalue weighted by atomic mass is 16.6. The maximum Gasteiger partial charge on any atom is 0.269 e. The lowest BCUT2D eigenvalue weighted by atomic mass is 9.95. The molecular weight excluding hydrogens is 268 g/mol. The summed E-state index contributed by atoms with van der Waals surface area (Å²) in [7, 11) is 0. The monoisotopic (exact) mass is 282 g/mol. The Morgan fingerprint density at radius 3 is 2.90 bits per heavy atom. The summed E-state index contributed by atoms with van der Waals surface area (Å²) in [6, 6.07) is 13.3. The second-order valence-corrected chi connectivity index (χ2v) is 5.38. The lowest BCUT2D eigenvalue weighted by Gasteiger charge is -2.42. The van der Waals surface area contributed by atoms with Crippen molar-refractivity contribution in [2.45, 2.75) is 19.3 Å². The zero-order valence-electron chi connectivity index (χ0n) is 11.4. The van der Waals surface area contributed by atoms with E-state index in [4.69, 9.17) is 4.74 Å². The van der Waals surface area contributed by atoms with Crippen molar-refractivity contribution >= 4 is 11.4 Å². The van der Waals surface area contributed by atoms with Crippen molar-refractivity contribution in [1.29, 1.82) is 0 Å². The minimum Gasteiger partial charge on any atom is -0.349 e. The first-order valence-corrected chi connectivity index (χ1v) is 6.97. The van der Waals surface area contributed by atoms with E-state index >= 15 is 0 Å². The van der Waals surface area contributed by atoms with Gasteiger partial charge in [0.15, 0.2) is 6.23 Å². The molecule has 21 heavy (non-hydrogen) atoms. The first-order valence-electron chi connectivity index (χ1n) is 6.97. The number of ether oxygens (including phenoxy) is 1. The molecule has 2 aromatic rings. The van der Waals surface area contributed by atoms with Gasteiger partial charge in [0.2, 0.25) is 0 Å². The van der Waals surface area contributed by atoms with E-state index in [9.17, 15) is 10.1 Å². The van der Waals surface area contributed by atoms with E-state index in [1.807, 2.05) is 12.1 Å². The highest BCUT2D eigenvalue weighted by Gasteiger charge is 2.33. The van der Waals surface area contributed by atoms with Crippen LogP contribution in [-0.4, -0.2) is 11.5 Å². The van der Waals surface area contributed by atoms with Crippen molar-refractivity contribution in [3.63, 3.8) is 0 Å². The summed E-state index contributed by atoms with van der Waals surface area (Å²) in [6.45, 7) is 1.28. The fourth-order valence-corrected chi connectivity index (χ4v) is 3.21. The van der Waals surface area contributed by atoms with Gasteiger partial charge in [-0.3, -0.25) is 10.1 Å². The Morgan fingerprint density at radius 1 is 1.19 bits per heavy atom. The first-order chi connectivity index (χ1) is 10.2. The van der Waals surface area contributed by atoms with Crippen LogP contribution in [0.25, 0.3) is 0 Å². The third kappa shape index (κ3) is 1.89. The van der Waals surface area contributed by atoms with Gasteiger partial charge < -0.3 is 9.64 Å². The minimum absolute atomic E-state index is 0.0797. The molecule has 4 rings (SSSR count). The number of nitro benzene ring substituents is 1. The number of fused-ring (bicyclic) bond motifs is 5. The molecule has 0 N–H and O–H groups in total. The van der Waals surface area contributed by atoms with Gasteiger partial charge >= 0.3 is 0 Å². The van der Waals surface area contributed by atoms with E-state index < -0.39 is 0 Å². The van der Waals surface area contributed by atoms with E-state index in [1.165, 1.54) is 11.1 Å². The van der Waals surface area contributed by atoms with Crippen molar-refractivity contribution < 1.29 is 9.66 Å². The molecule has 5 nitrogen and oxygen atoms in total.